The lowest BCUT2D eigenvalue weighted by molar-refractivity contribution is -0.137. The Labute approximate surface area is 126 Å². The molecule has 9 heteroatoms. The standard InChI is InChI=1S/C13H14N2O6S/c1-8-6-9(22(19,20)21)2-3-10(8)14-11-7-12(17)15(4-5-16)13(11)18/h2-3,6-7,14,16H,4-5H2,1H3,(H,19,20,21). The molecule has 8 nitrogen and oxygen atoms in total. The molecule has 3 N–H and O–H groups in total. The first-order valence-electron chi connectivity index (χ1n) is 6.27. The smallest absolute Gasteiger partial charge is 0.294 e. The quantitative estimate of drug-likeness (QED) is 0.510. The van der Waals surface area contributed by atoms with Crippen LogP contribution in [0.3, 0.4) is 0 Å². The predicted molar refractivity (Wildman–Crippen MR) is 76.5 cm³/mol. The highest BCUT2D eigenvalue weighted by Crippen LogP contribution is 2.23. The van der Waals surface area contributed by atoms with Crippen molar-refractivity contribution in [3.63, 3.8) is 0 Å². The number of benzene rings is 1. The van der Waals surface area contributed by atoms with Gasteiger partial charge in [0.05, 0.1) is 18.0 Å². The highest BCUT2D eigenvalue weighted by molar-refractivity contribution is 7.85. The van der Waals surface area contributed by atoms with E-state index < -0.39 is 21.9 Å². The number of nitrogens with zero attached hydrogens (tertiary/aromatic N) is 1. The number of aliphatic hydroxyl groups excluding tert-OH is 1. The Balaban J connectivity index is 2.24. The maximum Gasteiger partial charge on any atom is 0.294 e. The van der Waals surface area contributed by atoms with Crippen LogP contribution in [0.2, 0.25) is 0 Å². The number of rotatable bonds is 5. The lowest BCUT2D eigenvalue weighted by Gasteiger charge is -2.14. The second-order valence-corrected chi connectivity index (χ2v) is 6.07. The van der Waals surface area contributed by atoms with Crippen molar-refractivity contribution in [1.82, 2.24) is 4.90 Å². The number of hydrogen-bond acceptors (Lipinski definition) is 6. The zero-order chi connectivity index (χ0) is 16.5. The van der Waals surface area contributed by atoms with Crippen LogP contribution in [0.5, 0.6) is 0 Å². The Bertz CT molecular complexity index is 769. The minimum absolute atomic E-state index is 0.0288. The van der Waals surface area contributed by atoms with Crippen molar-refractivity contribution in [3.05, 3.63) is 35.5 Å². The molecular formula is C13H14N2O6S. The molecule has 0 saturated heterocycles. The van der Waals surface area contributed by atoms with Gasteiger partial charge in [-0.05, 0) is 30.7 Å². The Kier molecular flexibility index (Phi) is 4.31. The van der Waals surface area contributed by atoms with Crippen LogP contribution in [0.4, 0.5) is 5.69 Å². The molecule has 0 fully saturated rings. The third-order valence-corrected chi connectivity index (χ3v) is 3.95. The zero-order valence-corrected chi connectivity index (χ0v) is 12.4. The largest absolute Gasteiger partial charge is 0.395 e. The fraction of sp³-hybridized carbons (Fsp3) is 0.231. The van der Waals surface area contributed by atoms with E-state index in [0.717, 1.165) is 11.0 Å². The predicted octanol–water partition coefficient (Wildman–Crippen LogP) is -0.101. The molecule has 0 unspecified atom stereocenters. The van der Waals surface area contributed by atoms with Gasteiger partial charge < -0.3 is 10.4 Å². The van der Waals surface area contributed by atoms with Crippen molar-refractivity contribution >= 4 is 27.6 Å². The summed E-state index contributed by atoms with van der Waals surface area (Å²) in [6, 6.07) is 3.80. The van der Waals surface area contributed by atoms with Crippen LogP contribution >= 0.6 is 0 Å². The topological polar surface area (TPSA) is 124 Å². The number of nitrogens with one attached hydrogen (secondary N) is 1. The van der Waals surface area contributed by atoms with Gasteiger partial charge in [0.1, 0.15) is 5.70 Å². The summed E-state index contributed by atoms with van der Waals surface area (Å²) in [6.45, 7) is 1.16. The van der Waals surface area contributed by atoms with Gasteiger partial charge in [0.2, 0.25) is 0 Å². The third kappa shape index (κ3) is 3.16. The molecule has 0 radical (unpaired) electrons. The molecule has 22 heavy (non-hydrogen) atoms. The summed E-state index contributed by atoms with van der Waals surface area (Å²) in [5.74, 6) is -1.11. The van der Waals surface area contributed by atoms with E-state index in [4.69, 9.17) is 9.66 Å². The number of hydrogen-bond donors (Lipinski definition) is 3. The Morgan fingerprint density at radius 3 is 2.50 bits per heavy atom. The van der Waals surface area contributed by atoms with Crippen molar-refractivity contribution in [2.45, 2.75) is 11.8 Å². The van der Waals surface area contributed by atoms with E-state index in [2.05, 4.69) is 5.32 Å². The first-order chi connectivity index (χ1) is 10.2. The normalized spacial score (nSPS) is 15.2. The molecule has 118 valence electrons. The van der Waals surface area contributed by atoms with Gasteiger partial charge in [0, 0.05) is 11.8 Å². The summed E-state index contributed by atoms with van der Waals surface area (Å²) in [4.78, 5) is 24.2. The van der Waals surface area contributed by atoms with Gasteiger partial charge in [-0.3, -0.25) is 19.0 Å². The van der Waals surface area contributed by atoms with Gasteiger partial charge in [-0.25, -0.2) is 0 Å². The SMILES string of the molecule is Cc1cc(S(=O)(=O)O)ccc1NC1=CC(=O)N(CCO)C1=O. The Morgan fingerprint density at radius 2 is 1.95 bits per heavy atom. The highest BCUT2D eigenvalue weighted by Gasteiger charge is 2.30. The number of carbonyl (C=O) groups is 2. The number of aryl methyl sites for hydroxylation is 1. The third-order valence-electron chi connectivity index (χ3n) is 3.10. The number of carbonyl (C=O) groups excluding carboxylic acids is 2. The van der Waals surface area contributed by atoms with Crippen LogP contribution in [0.1, 0.15) is 5.56 Å². The van der Waals surface area contributed by atoms with Gasteiger partial charge in [-0.2, -0.15) is 8.42 Å². The van der Waals surface area contributed by atoms with E-state index in [1.54, 1.807) is 6.92 Å². The first-order valence-corrected chi connectivity index (χ1v) is 7.71. The average molecular weight is 326 g/mol. The van der Waals surface area contributed by atoms with Crippen LogP contribution in [-0.2, 0) is 19.7 Å². The van der Waals surface area contributed by atoms with Gasteiger partial charge in [0.15, 0.2) is 0 Å². The Hall–Kier alpha value is -2.23. The van der Waals surface area contributed by atoms with Crippen molar-refractivity contribution in [1.29, 1.82) is 0 Å². The van der Waals surface area contributed by atoms with Crippen molar-refractivity contribution in [3.8, 4) is 0 Å². The second kappa shape index (κ2) is 5.87. The van der Waals surface area contributed by atoms with Crippen molar-refractivity contribution in [2.24, 2.45) is 0 Å². The number of β-amino-alcohol motifs (C(OH)–C–C–N with tert-alkyl or cyclic N) is 1. The van der Waals surface area contributed by atoms with E-state index in [1.165, 1.54) is 18.2 Å². The summed E-state index contributed by atoms with van der Waals surface area (Å²) in [5.41, 5.74) is 0.920. The average Bonchev–Trinajstić information content (AvgIpc) is 2.68. The Morgan fingerprint density at radius 1 is 1.27 bits per heavy atom. The second-order valence-electron chi connectivity index (χ2n) is 4.65. The molecule has 0 aliphatic carbocycles. The zero-order valence-electron chi connectivity index (χ0n) is 11.6. The van der Waals surface area contributed by atoms with Crippen molar-refractivity contribution in [2.75, 3.05) is 18.5 Å². The molecule has 0 bridgehead atoms. The lowest BCUT2D eigenvalue weighted by atomic mass is 10.2. The van der Waals surface area contributed by atoms with Crippen LogP contribution in [-0.4, -0.2) is 47.9 Å². The summed E-state index contributed by atoms with van der Waals surface area (Å²) in [7, 11) is -4.30. The van der Waals surface area contributed by atoms with E-state index in [0.29, 0.717) is 11.3 Å². The number of anilines is 1. The fourth-order valence-electron chi connectivity index (χ4n) is 1.99. The molecule has 1 heterocycles. The number of amides is 2. The molecule has 0 atom stereocenters. The molecule has 0 spiro atoms. The number of imide groups is 1. The van der Waals surface area contributed by atoms with Crippen LogP contribution in [0, 0.1) is 6.92 Å². The van der Waals surface area contributed by atoms with Gasteiger partial charge in [0.25, 0.3) is 21.9 Å². The molecule has 2 amide bonds. The maximum absolute atomic E-state index is 12.0. The van der Waals surface area contributed by atoms with E-state index in [-0.39, 0.29) is 23.7 Å². The summed E-state index contributed by atoms with van der Waals surface area (Å²) in [5, 5.41) is 11.6. The lowest BCUT2D eigenvalue weighted by Crippen LogP contribution is -2.34. The molecule has 1 aliphatic rings. The fourth-order valence-corrected chi connectivity index (χ4v) is 2.56. The van der Waals surface area contributed by atoms with E-state index in [9.17, 15) is 18.0 Å². The molecular weight excluding hydrogens is 312 g/mol. The van der Waals surface area contributed by atoms with Crippen LogP contribution < -0.4 is 5.32 Å². The van der Waals surface area contributed by atoms with Crippen LogP contribution in [0.25, 0.3) is 0 Å². The van der Waals surface area contributed by atoms with Crippen LogP contribution in [0.15, 0.2) is 34.9 Å². The highest BCUT2D eigenvalue weighted by atomic mass is 32.2. The van der Waals surface area contributed by atoms with Gasteiger partial charge in [-0.15, -0.1) is 0 Å². The van der Waals surface area contributed by atoms with E-state index >= 15 is 0 Å². The monoisotopic (exact) mass is 326 g/mol. The maximum atomic E-state index is 12.0. The summed E-state index contributed by atoms with van der Waals surface area (Å²) in [6.07, 6.45) is 1.11. The minimum atomic E-state index is -4.30. The molecule has 1 aliphatic heterocycles. The molecule has 2 rings (SSSR count). The van der Waals surface area contributed by atoms with Gasteiger partial charge in [-0.1, -0.05) is 0 Å². The van der Waals surface area contributed by atoms with E-state index in [1.807, 2.05) is 0 Å². The first kappa shape index (κ1) is 16.1. The molecule has 0 aromatic heterocycles. The number of aliphatic hydroxyl groups is 1. The molecule has 0 saturated carbocycles. The van der Waals surface area contributed by atoms with Crippen molar-refractivity contribution < 1.29 is 27.7 Å². The molecule has 1 aromatic carbocycles. The minimum Gasteiger partial charge on any atom is -0.395 e. The summed E-state index contributed by atoms with van der Waals surface area (Å²) < 4.78 is 31.1. The summed E-state index contributed by atoms with van der Waals surface area (Å²) >= 11 is 0. The van der Waals surface area contributed by atoms with Gasteiger partial charge >= 0.3 is 0 Å². The molecule has 1 aromatic rings.